The van der Waals surface area contributed by atoms with E-state index in [1.54, 1.807) is 0 Å². The van der Waals surface area contributed by atoms with Crippen molar-refractivity contribution in [3.8, 4) is 0 Å². The van der Waals surface area contributed by atoms with Crippen LogP contribution in [0.15, 0.2) is 247 Å². The molecule has 61 heavy (non-hydrogen) atoms. The molecule has 0 fully saturated rings. The van der Waals surface area contributed by atoms with E-state index in [0.717, 1.165) is 41.3 Å². The molecule has 2 nitrogen and oxygen atoms in total. The Hall–Kier alpha value is -7.16. The number of para-hydroxylation sites is 4. The van der Waals surface area contributed by atoms with Gasteiger partial charge in [-0.15, -0.1) is 0 Å². The van der Waals surface area contributed by atoms with E-state index in [2.05, 4.69) is 247 Å². The van der Waals surface area contributed by atoms with Gasteiger partial charge in [-0.2, -0.15) is 0 Å². The van der Waals surface area contributed by atoms with Crippen LogP contribution in [0.25, 0.3) is 11.6 Å². The number of anilines is 5. The fourth-order valence-corrected chi connectivity index (χ4v) is 10.3. The Balaban J connectivity index is 1.16. The Morgan fingerprint density at radius 1 is 0.541 bits per heavy atom. The lowest BCUT2D eigenvalue weighted by Crippen LogP contribution is -2.29. The third kappa shape index (κ3) is 6.69. The van der Waals surface area contributed by atoms with Gasteiger partial charge in [0.05, 0.1) is 0 Å². The van der Waals surface area contributed by atoms with Crippen molar-refractivity contribution in [2.75, 3.05) is 9.80 Å². The number of benzene rings is 6. The fraction of sp³-hybridized carbons (Fsp3) is 0.119. The Bertz CT molecular complexity index is 2790. The summed E-state index contributed by atoms with van der Waals surface area (Å²) in [5, 5.41) is 0. The Labute approximate surface area is 360 Å². The number of hydrogen-bond donors (Lipinski definition) is 0. The monoisotopic (exact) mass is 784 g/mol. The first-order chi connectivity index (χ1) is 30.1. The SMILES string of the molecule is CC12C=CC=CC1C=C(C1=C3C=CC(N(c4ccccc4)c4ccccc4)=CC3C(C3=Cc4ccccc4CC3)c3ccc(N(c4ccccc4)c4ccccc4)cc31)C=C2. The highest BCUT2D eigenvalue weighted by molar-refractivity contribution is 5.93. The fourth-order valence-electron chi connectivity index (χ4n) is 10.3. The topological polar surface area (TPSA) is 6.48 Å². The van der Waals surface area contributed by atoms with Crippen LogP contribution in [0, 0.1) is 17.3 Å². The van der Waals surface area contributed by atoms with Gasteiger partial charge in [-0.3, -0.25) is 0 Å². The predicted octanol–water partition coefficient (Wildman–Crippen LogP) is 15.2. The van der Waals surface area contributed by atoms with Crippen molar-refractivity contribution < 1.29 is 0 Å². The van der Waals surface area contributed by atoms with Crippen molar-refractivity contribution in [2.45, 2.75) is 25.7 Å². The van der Waals surface area contributed by atoms with E-state index >= 15 is 0 Å². The molecule has 11 rings (SSSR count). The lowest BCUT2D eigenvalue weighted by atomic mass is 9.63. The minimum Gasteiger partial charge on any atom is -0.311 e. The van der Waals surface area contributed by atoms with Gasteiger partial charge in [0.1, 0.15) is 0 Å². The van der Waals surface area contributed by atoms with Crippen LogP contribution in [-0.2, 0) is 6.42 Å². The normalized spacial score (nSPS) is 21.9. The van der Waals surface area contributed by atoms with Crippen LogP contribution >= 0.6 is 0 Å². The summed E-state index contributed by atoms with van der Waals surface area (Å²) in [6, 6.07) is 59.6. The first-order valence-corrected chi connectivity index (χ1v) is 21.8. The molecule has 0 saturated carbocycles. The van der Waals surface area contributed by atoms with Gasteiger partial charge in [-0.05, 0) is 119 Å². The third-order valence-electron chi connectivity index (χ3n) is 13.4. The number of allylic oxidation sites excluding steroid dienone is 14. The molecule has 5 aliphatic carbocycles. The number of rotatable bonds is 8. The zero-order valence-electron chi connectivity index (χ0n) is 34.5. The minimum absolute atomic E-state index is 0.0518. The summed E-state index contributed by atoms with van der Waals surface area (Å²) < 4.78 is 0. The number of aryl methyl sites for hydroxylation is 1. The van der Waals surface area contributed by atoms with E-state index in [1.807, 2.05) is 0 Å². The van der Waals surface area contributed by atoms with Gasteiger partial charge in [0.2, 0.25) is 0 Å². The van der Waals surface area contributed by atoms with Crippen molar-refractivity contribution in [2.24, 2.45) is 17.3 Å². The lowest BCUT2D eigenvalue weighted by molar-refractivity contribution is 0.451. The Kier molecular flexibility index (Phi) is 9.35. The van der Waals surface area contributed by atoms with Gasteiger partial charge in [0.15, 0.2) is 0 Å². The van der Waals surface area contributed by atoms with E-state index in [9.17, 15) is 0 Å². The molecule has 0 amide bonds. The first kappa shape index (κ1) is 36.9. The van der Waals surface area contributed by atoms with Crippen LogP contribution in [0.2, 0.25) is 0 Å². The summed E-state index contributed by atoms with van der Waals surface area (Å²) in [7, 11) is 0. The highest BCUT2D eigenvalue weighted by Crippen LogP contribution is 2.56. The van der Waals surface area contributed by atoms with Gasteiger partial charge < -0.3 is 9.80 Å². The van der Waals surface area contributed by atoms with Gasteiger partial charge in [0, 0.05) is 57.3 Å². The maximum absolute atomic E-state index is 2.58. The van der Waals surface area contributed by atoms with Gasteiger partial charge >= 0.3 is 0 Å². The summed E-state index contributed by atoms with van der Waals surface area (Å²) in [6.45, 7) is 2.35. The zero-order valence-corrected chi connectivity index (χ0v) is 34.5. The number of fused-ring (bicyclic) bond motifs is 4. The van der Waals surface area contributed by atoms with Crippen LogP contribution in [-0.4, -0.2) is 0 Å². The summed E-state index contributed by atoms with van der Waals surface area (Å²) in [4.78, 5) is 4.83. The molecule has 4 atom stereocenters. The summed E-state index contributed by atoms with van der Waals surface area (Å²) in [5.74, 6) is 0.507. The molecule has 0 N–H and O–H groups in total. The average Bonchev–Trinajstić information content (AvgIpc) is 3.32. The quantitative estimate of drug-likeness (QED) is 0.152. The van der Waals surface area contributed by atoms with Gasteiger partial charge in [-0.1, -0.05) is 176 Å². The molecule has 0 aromatic heterocycles. The van der Waals surface area contributed by atoms with Crippen LogP contribution < -0.4 is 9.80 Å². The molecule has 2 heteroatoms. The van der Waals surface area contributed by atoms with Crippen molar-refractivity contribution in [1.29, 1.82) is 0 Å². The van der Waals surface area contributed by atoms with E-state index in [4.69, 9.17) is 0 Å². The first-order valence-electron chi connectivity index (χ1n) is 21.8. The van der Waals surface area contributed by atoms with E-state index < -0.39 is 0 Å². The third-order valence-corrected chi connectivity index (χ3v) is 13.4. The molecule has 4 unspecified atom stereocenters. The van der Waals surface area contributed by atoms with Crippen LogP contribution in [0.5, 0.6) is 0 Å². The molecule has 0 saturated heterocycles. The molecule has 0 bridgehead atoms. The van der Waals surface area contributed by atoms with Crippen molar-refractivity contribution in [3.63, 3.8) is 0 Å². The van der Waals surface area contributed by atoms with E-state index in [1.165, 1.54) is 50.2 Å². The molecular weight excluding hydrogens is 737 g/mol. The lowest BCUT2D eigenvalue weighted by Gasteiger charge is -2.42. The second-order valence-electron chi connectivity index (χ2n) is 17.1. The largest absolute Gasteiger partial charge is 0.311 e. The Morgan fingerprint density at radius 2 is 1.16 bits per heavy atom. The molecule has 294 valence electrons. The van der Waals surface area contributed by atoms with Crippen molar-refractivity contribution in [3.05, 3.63) is 269 Å². The summed E-state index contributed by atoms with van der Waals surface area (Å²) in [6.07, 6.45) is 28.5. The molecular formula is C59H48N2. The molecule has 0 heterocycles. The van der Waals surface area contributed by atoms with Crippen LogP contribution in [0.3, 0.4) is 0 Å². The smallest absolute Gasteiger partial charge is 0.0468 e. The molecule has 6 aromatic carbocycles. The van der Waals surface area contributed by atoms with E-state index in [0.29, 0.717) is 0 Å². The maximum Gasteiger partial charge on any atom is 0.0468 e. The van der Waals surface area contributed by atoms with Gasteiger partial charge in [-0.25, -0.2) is 0 Å². The second kappa shape index (κ2) is 15.5. The van der Waals surface area contributed by atoms with Crippen LogP contribution in [0.1, 0.15) is 41.5 Å². The molecule has 0 radical (unpaired) electrons. The number of hydrogen-bond acceptors (Lipinski definition) is 2. The predicted molar refractivity (Wildman–Crippen MR) is 256 cm³/mol. The minimum atomic E-state index is -0.0518. The molecule has 6 aromatic rings. The van der Waals surface area contributed by atoms with Crippen LogP contribution in [0.4, 0.5) is 28.4 Å². The maximum atomic E-state index is 2.58. The highest BCUT2D eigenvalue weighted by atomic mass is 15.2. The second-order valence-corrected chi connectivity index (χ2v) is 17.1. The standard InChI is InChI=1S/C59H48N2/c1-59-36-17-16-20-46(59)39-45(35-37-59)58-54-34-32-51(60(47-21-6-2-7-22-47)48-23-8-3-9-24-48)40-55(54)57(44-30-29-42-18-14-15-19-43(42)38-44)53-33-31-52(41-56(53)58)61(49-25-10-4-11-26-49)50-27-12-5-13-28-50/h2-28,31-41,46,55,57H,29-30H2,1H3. The van der Waals surface area contributed by atoms with E-state index in [-0.39, 0.29) is 23.2 Å². The van der Waals surface area contributed by atoms with Crippen molar-refractivity contribution in [1.82, 2.24) is 0 Å². The highest BCUT2D eigenvalue weighted by Gasteiger charge is 2.40. The summed E-state index contributed by atoms with van der Waals surface area (Å²) >= 11 is 0. The van der Waals surface area contributed by atoms with Gasteiger partial charge in [0.25, 0.3) is 0 Å². The summed E-state index contributed by atoms with van der Waals surface area (Å²) in [5.41, 5.74) is 17.8. The Morgan fingerprint density at radius 3 is 1.84 bits per heavy atom. The molecule has 5 aliphatic rings. The number of nitrogens with zero attached hydrogens (tertiary/aromatic N) is 2. The average molecular weight is 785 g/mol. The molecule has 0 aliphatic heterocycles. The van der Waals surface area contributed by atoms with Crippen molar-refractivity contribution >= 4 is 40.1 Å². The molecule has 0 spiro atoms. The zero-order chi connectivity index (χ0) is 40.8.